The van der Waals surface area contributed by atoms with E-state index in [-0.39, 0.29) is 29.3 Å². The molecule has 0 radical (unpaired) electrons. The third kappa shape index (κ3) is 5.67. The van der Waals surface area contributed by atoms with Crippen LogP contribution in [0.25, 0.3) is 0 Å². The molecule has 1 heterocycles. The van der Waals surface area contributed by atoms with Crippen molar-refractivity contribution in [1.82, 2.24) is 14.9 Å². The Morgan fingerprint density at radius 3 is 2.36 bits per heavy atom. The van der Waals surface area contributed by atoms with Gasteiger partial charge in [0.2, 0.25) is 15.9 Å². The van der Waals surface area contributed by atoms with Crippen molar-refractivity contribution in [3.63, 3.8) is 0 Å². The standard InChI is InChI=1S/C17H27N3O3S.ClH/c1-3-20(4-2)24(22,23)15-10-8-14(9-11-15)13-19-17(21)16-7-5-6-12-18-16;/h8-11,16,18H,3-7,12-13H2,1-2H3,(H,19,21);1H. The lowest BCUT2D eigenvalue weighted by molar-refractivity contribution is -0.123. The summed E-state index contributed by atoms with van der Waals surface area (Å²) in [6.45, 7) is 5.84. The van der Waals surface area contributed by atoms with Gasteiger partial charge in [0.05, 0.1) is 10.9 Å². The molecule has 1 unspecified atom stereocenters. The van der Waals surface area contributed by atoms with Crippen LogP contribution in [0.1, 0.15) is 38.7 Å². The number of hydrogen-bond donors (Lipinski definition) is 2. The van der Waals surface area contributed by atoms with Gasteiger partial charge in [0.1, 0.15) is 0 Å². The number of rotatable bonds is 7. The predicted molar refractivity (Wildman–Crippen MR) is 101 cm³/mol. The summed E-state index contributed by atoms with van der Waals surface area (Å²) in [5.41, 5.74) is 0.887. The largest absolute Gasteiger partial charge is 0.351 e. The van der Waals surface area contributed by atoms with Gasteiger partial charge in [-0.2, -0.15) is 4.31 Å². The Balaban J connectivity index is 0.00000312. The molecule has 1 fully saturated rings. The molecule has 0 bridgehead atoms. The fourth-order valence-corrected chi connectivity index (χ4v) is 4.34. The number of nitrogens with zero attached hydrogens (tertiary/aromatic N) is 1. The van der Waals surface area contributed by atoms with Crippen molar-refractivity contribution in [3.8, 4) is 0 Å². The van der Waals surface area contributed by atoms with E-state index in [1.165, 1.54) is 4.31 Å². The average Bonchev–Trinajstić information content (AvgIpc) is 2.61. The van der Waals surface area contributed by atoms with E-state index in [1.54, 1.807) is 24.3 Å². The van der Waals surface area contributed by atoms with Gasteiger partial charge in [0, 0.05) is 19.6 Å². The zero-order chi connectivity index (χ0) is 17.6. The fraction of sp³-hybridized carbons (Fsp3) is 0.588. The number of carbonyl (C=O) groups excluding carboxylic acids is 1. The van der Waals surface area contributed by atoms with Crippen LogP contribution in [0.5, 0.6) is 0 Å². The van der Waals surface area contributed by atoms with E-state index in [1.807, 2.05) is 13.8 Å². The highest BCUT2D eigenvalue weighted by Crippen LogP contribution is 2.16. The normalized spacial score (nSPS) is 17.8. The predicted octanol–water partition coefficient (Wildman–Crippen LogP) is 1.90. The molecule has 0 saturated carbocycles. The maximum Gasteiger partial charge on any atom is 0.243 e. The minimum atomic E-state index is -3.43. The Morgan fingerprint density at radius 2 is 1.84 bits per heavy atom. The zero-order valence-corrected chi connectivity index (χ0v) is 16.5. The molecule has 25 heavy (non-hydrogen) atoms. The molecule has 1 atom stereocenters. The van der Waals surface area contributed by atoms with E-state index >= 15 is 0 Å². The minimum absolute atomic E-state index is 0. The SMILES string of the molecule is CCN(CC)S(=O)(=O)c1ccc(CNC(=O)C2CCCCN2)cc1.Cl. The minimum Gasteiger partial charge on any atom is -0.351 e. The zero-order valence-electron chi connectivity index (χ0n) is 14.8. The van der Waals surface area contributed by atoms with Gasteiger partial charge in [0.25, 0.3) is 0 Å². The van der Waals surface area contributed by atoms with Crippen molar-refractivity contribution in [1.29, 1.82) is 0 Å². The fourth-order valence-electron chi connectivity index (χ4n) is 2.88. The monoisotopic (exact) mass is 389 g/mol. The van der Waals surface area contributed by atoms with Gasteiger partial charge in [-0.25, -0.2) is 8.42 Å². The first-order valence-corrected chi connectivity index (χ1v) is 10.0. The van der Waals surface area contributed by atoms with E-state index in [0.29, 0.717) is 19.6 Å². The molecular weight excluding hydrogens is 362 g/mol. The molecule has 0 spiro atoms. The summed E-state index contributed by atoms with van der Waals surface area (Å²) in [5.74, 6) is 0.00883. The molecule has 142 valence electrons. The lowest BCUT2D eigenvalue weighted by Gasteiger charge is -2.22. The maximum atomic E-state index is 12.4. The van der Waals surface area contributed by atoms with Crippen molar-refractivity contribution >= 4 is 28.3 Å². The van der Waals surface area contributed by atoms with Crippen molar-refractivity contribution in [2.24, 2.45) is 0 Å². The van der Waals surface area contributed by atoms with E-state index < -0.39 is 10.0 Å². The summed E-state index contributed by atoms with van der Waals surface area (Å²) in [4.78, 5) is 12.4. The first-order chi connectivity index (χ1) is 11.5. The maximum absolute atomic E-state index is 12.4. The van der Waals surface area contributed by atoms with Gasteiger partial charge in [-0.1, -0.05) is 32.4 Å². The first-order valence-electron chi connectivity index (χ1n) is 8.59. The Morgan fingerprint density at radius 1 is 1.20 bits per heavy atom. The van der Waals surface area contributed by atoms with Crippen LogP contribution >= 0.6 is 12.4 Å². The molecule has 2 rings (SSSR count). The second-order valence-electron chi connectivity index (χ2n) is 5.95. The molecule has 2 N–H and O–H groups in total. The second kappa shape index (κ2) is 10.1. The van der Waals surface area contributed by atoms with Crippen molar-refractivity contribution in [2.75, 3.05) is 19.6 Å². The Hall–Kier alpha value is -1.15. The summed E-state index contributed by atoms with van der Waals surface area (Å²) < 4.78 is 26.3. The number of hydrogen-bond acceptors (Lipinski definition) is 4. The van der Waals surface area contributed by atoms with Crippen LogP contribution in [-0.4, -0.2) is 44.3 Å². The summed E-state index contributed by atoms with van der Waals surface area (Å²) >= 11 is 0. The lowest BCUT2D eigenvalue weighted by atomic mass is 10.0. The molecule has 1 saturated heterocycles. The van der Waals surface area contributed by atoms with Gasteiger partial charge >= 0.3 is 0 Å². The number of amides is 1. The topological polar surface area (TPSA) is 78.5 Å². The number of sulfonamides is 1. The van der Waals surface area contributed by atoms with Gasteiger partial charge in [-0.3, -0.25) is 4.79 Å². The molecule has 0 aliphatic carbocycles. The van der Waals surface area contributed by atoms with Crippen molar-refractivity contribution in [2.45, 2.75) is 50.6 Å². The van der Waals surface area contributed by atoms with Crippen molar-refractivity contribution in [3.05, 3.63) is 29.8 Å². The molecule has 1 aliphatic heterocycles. The van der Waals surface area contributed by atoms with Crippen molar-refractivity contribution < 1.29 is 13.2 Å². The molecule has 8 heteroatoms. The quantitative estimate of drug-likeness (QED) is 0.746. The van der Waals surface area contributed by atoms with E-state index in [2.05, 4.69) is 10.6 Å². The third-order valence-corrected chi connectivity index (χ3v) is 6.42. The van der Waals surface area contributed by atoms with Crippen LogP contribution in [0.3, 0.4) is 0 Å². The number of halogens is 1. The smallest absolute Gasteiger partial charge is 0.243 e. The van der Waals surface area contributed by atoms with Gasteiger partial charge < -0.3 is 10.6 Å². The van der Waals surface area contributed by atoms with E-state index in [4.69, 9.17) is 0 Å². The molecule has 1 aliphatic rings. The summed E-state index contributed by atoms with van der Waals surface area (Å²) in [6, 6.07) is 6.61. The summed E-state index contributed by atoms with van der Waals surface area (Å²) in [5, 5.41) is 6.12. The average molecular weight is 390 g/mol. The lowest BCUT2D eigenvalue weighted by Crippen LogP contribution is -2.46. The van der Waals surface area contributed by atoms with Crippen LogP contribution in [-0.2, 0) is 21.4 Å². The second-order valence-corrected chi connectivity index (χ2v) is 7.89. The third-order valence-electron chi connectivity index (χ3n) is 4.36. The van der Waals surface area contributed by atoms with Crippen LogP contribution in [0, 0.1) is 0 Å². The summed E-state index contributed by atoms with van der Waals surface area (Å²) in [7, 11) is -3.43. The summed E-state index contributed by atoms with van der Waals surface area (Å²) in [6.07, 6.45) is 3.06. The Labute approximate surface area is 156 Å². The van der Waals surface area contributed by atoms with Gasteiger partial charge in [-0.05, 0) is 37.1 Å². The van der Waals surface area contributed by atoms with Gasteiger partial charge in [-0.15, -0.1) is 12.4 Å². The highest BCUT2D eigenvalue weighted by molar-refractivity contribution is 7.89. The number of nitrogens with one attached hydrogen (secondary N) is 2. The van der Waals surface area contributed by atoms with Gasteiger partial charge in [0.15, 0.2) is 0 Å². The molecular formula is C17H28ClN3O3S. The Kier molecular flexibility index (Phi) is 8.85. The Bertz CT molecular complexity index is 640. The first kappa shape index (κ1) is 21.9. The highest BCUT2D eigenvalue weighted by atomic mass is 35.5. The molecule has 1 aromatic carbocycles. The number of carbonyl (C=O) groups is 1. The van der Waals surface area contributed by atoms with Crippen LogP contribution in [0.15, 0.2) is 29.2 Å². The molecule has 1 amide bonds. The highest BCUT2D eigenvalue weighted by Gasteiger charge is 2.22. The van der Waals surface area contributed by atoms with E-state index in [0.717, 1.165) is 31.4 Å². The molecule has 0 aromatic heterocycles. The number of piperidine rings is 1. The van der Waals surface area contributed by atoms with Crippen LogP contribution < -0.4 is 10.6 Å². The molecule has 6 nitrogen and oxygen atoms in total. The molecule has 1 aromatic rings. The van der Waals surface area contributed by atoms with Crippen LogP contribution in [0.4, 0.5) is 0 Å². The number of benzene rings is 1. The van der Waals surface area contributed by atoms with Crippen LogP contribution in [0.2, 0.25) is 0 Å². The van der Waals surface area contributed by atoms with E-state index in [9.17, 15) is 13.2 Å².